The first-order valence-corrected chi connectivity index (χ1v) is 15.4. The van der Waals surface area contributed by atoms with Gasteiger partial charge in [-0.05, 0) is 71.1 Å². The molecule has 0 saturated heterocycles. The molecule has 0 unspecified atom stereocenters. The predicted molar refractivity (Wildman–Crippen MR) is 186 cm³/mol. The SMILES string of the molecule is CN1[CH-]N(c2[c-]c(Oc3[c-]c4c(cc3)c3ccc(-c5ccccc5)cc3n4-c3cc(C(C)(C)C)ccn3)ncc2)c2ccccc21.[Pt]. The van der Waals surface area contributed by atoms with Gasteiger partial charge in [0.2, 0.25) is 0 Å². The van der Waals surface area contributed by atoms with E-state index in [0.29, 0.717) is 11.6 Å². The molecular formula is C40H32N5OPt-3. The average Bonchev–Trinajstić information content (AvgIpc) is 3.59. The Hall–Kier alpha value is -4.93. The second-order valence-corrected chi connectivity index (χ2v) is 12.6. The molecule has 0 radical (unpaired) electrons. The van der Waals surface area contributed by atoms with Crippen LogP contribution in [0.4, 0.5) is 17.1 Å². The molecule has 0 saturated carbocycles. The van der Waals surface area contributed by atoms with E-state index in [2.05, 4.69) is 125 Å². The van der Waals surface area contributed by atoms with Gasteiger partial charge in [-0.1, -0.05) is 80.9 Å². The standard InChI is InChI=1S/C40H32N5O.Pt/c1-40(2,3)29-18-20-41-38(23-29)45-36-22-28(27-10-6-5-7-11-27)14-16-32(36)33-17-15-31(25-37(33)45)46-39-24-30(19-21-42-39)44-26-43(4)34-12-8-9-13-35(34)44;/h5-23,26H,1-4H3;/q-3;. The fraction of sp³-hybridized carbons (Fsp3) is 0.125. The topological polar surface area (TPSA) is 46.4 Å². The summed E-state index contributed by atoms with van der Waals surface area (Å²) in [6.07, 6.45) is 3.64. The van der Waals surface area contributed by atoms with Crippen LogP contribution in [-0.2, 0) is 26.5 Å². The van der Waals surface area contributed by atoms with E-state index in [1.807, 2.05) is 50.2 Å². The molecule has 0 atom stereocenters. The molecule has 1 aliphatic heterocycles. The summed E-state index contributed by atoms with van der Waals surface area (Å²) < 4.78 is 8.54. The maximum absolute atomic E-state index is 6.35. The normalized spacial score (nSPS) is 12.8. The number of fused-ring (bicyclic) bond motifs is 4. The van der Waals surface area contributed by atoms with Gasteiger partial charge >= 0.3 is 0 Å². The average molecular weight is 794 g/mol. The number of hydrogen-bond donors (Lipinski definition) is 0. The van der Waals surface area contributed by atoms with Crippen molar-refractivity contribution in [2.45, 2.75) is 26.2 Å². The smallest absolute Gasteiger partial charge is 0.135 e. The molecule has 7 heteroatoms. The molecule has 0 bridgehead atoms. The van der Waals surface area contributed by atoms with Crippen LogP contribution in [0.15, 0.2) is 116 Å². The number of nitrogens with zero attached hydrogens (tertiary/aromatic N) is 5. The first-order chi connectivity index (χ1) is 22.3. The fourth-order valence-corrected chi connectivity index (χ4v) is 6.15. The second kappa shape index (κ2) is 12.0. The van der Waals surface area contributed by atoms with Crippen LogP contribution in [0, 0.1) is 18.8 Å². The summed E-state index contributed by atoms with van der Waals surface area (Å²) in [5, 5.41) is 2.20. The molecule has 4 heterocycles. The largest absolute Gasteiger partial charge is 0.504 e. The van der Waals surface area contributed by atoms with Gasteiger partial charge in [-0.2, -0.15) is 30.6 Å². The van der Waals surface area contributed by atoms with Crippen molar-refractivity contribution >= 4 is 38.9 Å². The van der Waals surface area contributed by atoms with Gasteiger partial charge in [0.25, 0.3) is 0 Å². The summed E-state index contributed by atoms with van der Waals surface area (Å²) in [4.78, 5) is 13.5. The van der Waals surface area contributed by atoms with Crippen LogP contribution < -0.4 is 14.5 Å². The van der Waals surface area contributed by atoms with Crippen molar-refractivity contribution in [3.8, 4) is 28.6 Å². The zero-order valence-corrected chi connectivity index (χ0v) is 28.8. The number of benzene rings is 4. The third kappa shape index (κ3) is 5.57. The fourth-order valence-electron chi connectivity index (χ4n) is 6.15. The molecule has 0 N–H and O–H groups in total. The van der Waals surface area contributed by atoms with Crippen molar-refractivity contribution in [1.29, 1.82) is 0 Å². The molecule has 0 spiro atoms. The summed E-state index contributed by atoms with van der Waals surface area (Å²) in [6.45, 7) is 8.70. The minimum atomic E-state index is -0.0295. The molecular weight excluding hydrogens is 762 g/mol. The third-order valence-corrected chi connectivity index (χ3v) is 8.53. The van der Waals surface area contributed by atoms with Crippen molar-refractivity contribution in [2.75, 3.05) is 16.8 Å². The molecule has 0 fully saturated rings. The van der Waals surface area contributed by atoms with Gasteiger partial charge in [-0.15, -0.1) is 17.5 Å². The van der Waals surface area contributed by atoms with E-state index in [9.17, 15) is 0 Å². The van der Waals surface area contributed by atoms with Gasteiger partial charge < -0.3 is 19.1 Å². The van der Waals surface area contributed by atoms with Crippen LogP contribution in [-0.4, -0.2) is 21.6 Å². The molecule has 4 aromatic carbocycles. The molecule has 6 nitrogen and oxygen atoms in total. The summed E-state index contributed by atoms with van der Waals surface area (Å²) in [7, 11) is 2.04. The molecule has 0 aliphatic carbocycles. The van der Waals surface area contributed by atoms with Crippen LogP contribution in [0.3, 0.4) is 0 Å². The van der Waals surface area contributed by atoms with Crippen LogP contribution in [0.25, 0.3) is 38.8 Å². The number of aromatic nitrogens is 3. The summed E-state index contributed by atoms with van der Waals surface area (Å²) in [5.41, 5.74) is 8.47. The van der Waals surface area contributed by atoms with Gasteiger partial charge in [-0.25, -0.2) is 4.98 Å². The molecule has 47 heavy (non-hydrogen) atoms. The Bertz CT molecular complexity index is 2240. The number of hydrogen-bond acceptors (Lipinski definition) is 5. The Morgan fingerprint density at radius 3 is 2.28 bits per heavy atom. The van der Waals surface area contributed by atoms with Crippen molar-refractivity contribution in [1.82, 2.24) is 14.5 Å². The van der Waals surface area contributed by atoms with Crippen molar-refractivity contribution in [3.05, 3.63) is 140 Å². The number of pyridine rings is 2. The minimum absolute atomic E-state index is 0. The molecule has 7 aromatic rings. The Morgan fingerprint density at radius 1 is 0.723 bits per heavy atom. The van der Waals surface area contributed by atoms with E-state index >= 15 is 0 Å². The Labute approximate surface area is 289 Å². The van der Waals surface area contributed by atoms with Crippen molar-refractivity contribution in [2.24, 2.45) is 0 Å². The third-order valence-electron chi connectivity index (χ3n) is 8.53. The molecule has 236 valence electrons. The molecule has 0 amide bonds. The van der Waals surface area contributed by atoms with Gasteiger partial charge in [0, 0.05) is 49.9 Å². The van der Waals surface area contributed by atoms with E-state index in [1.54, 1.807) is 6.20 Å². The zero-order valence-electron chi connectivity index (χ0n) is 26.5. The Morgan fingerprint density at radius 2 is 1.47 bits per heavy atom. The summed E-state index contributed by atoms with van der Waals surface area (Å²) in [6, 6.07) is 42.5. The van der Waals surface area contributed by atoms with E-state index in [0.717, 1.165) is 55.8 Å². The Kier molecular flexibility index (Phi) is 7.85. The number of anilines is 3. The van der Waals surface area contributed by atoms with E-state index in [1.165, 1.54) is 5.56 Å². The number of rotatable bonds is 5. The Balaban J connectivity index is 0.00000351. The predicted octanol–water partition coefficient (Wildman–Crippen LogP) is 9.64. The number of para-hydroxylation sites is 2. The first-order valence-electron chi connectivity index (χ1n) is 15.4. The van der Waals surface area contributed by atoms with Crippen molar-refractivity contribution < 1.29 is 25.8 Å². The monoisotopic (exact) mass is 793 g/mol. The van der Waals surface area contributed by atoms with E-state index < -0.39 is 0 Å². The van der Waals surface area contributed by atoms with Gasteiger partial charge in [0.15, 0.2) is 0 Å². The second-order valence-electron chi connectivity index (χ2n) is 12.6. The van der Waals surface area contributed by atoms with E-state index in [-0.39, 0.29) is 26.5 Å². The first kappa shape index (κ1) is 30.7. The van der Waals surface area contributed by atoms with Crippen LogP contribution in [0.2, 0.25) is 0 Å². The maximum Gasteiger partial charge on any atom is 0.135 e. The van der Waals surface area contributed by atoms with E-state index in [4.69, 9.17) is 9.72 Å². The van der Waals surface area contributed by atoms with Gasteiger partial charge in [0.1, 0.15) is 11.7 Å². The van der Waals surface area contributed by atoms with Gasteiger partial charge in [0.05, 0.1) is 0 Å². The maximum atomic E-state index is 6.35. The van der Waals surface area contributed by atoms with Crippen molar-refractivity contribution in [3.63, 3.8) is 0 Å². The van der Waals surface area contributed by atoms with Gasteiger partial charge in [-0.3, -0.25) is 4.98 Å². The van der Waals surface area contributed by atoms with Crippen LogP contribution in [0.1, 0.15) is 26.3 Å². The zero-order chi connectivity index (χ0) is 31.4. The molecule has 3 aromatic heterocycles. The number of ether oxygens (including phenoxy) is 1. The summed E-state index contributed by atoms with van der Waals surface area (Å²) >= 11 is 0. The minimum Gasteiger partial charge on any atom is -0.504 e. The summed E-state index contributed by atoms with van der Waals surface area (Å²) in [5.74, 6) is 1.76. The van der Waals surface area contributed by atoms with Crippen LogP contribution >= 0.6 is 0 Å². The quantitative estimate of drug-likeness (QED) is 0.163. The molecule has 1 aliphatic rings. The molecule has 8 rings (SSSR count). The van der Waals surface area contributed by atoms with Crippen LogP contribution in [0.5, 0.6) is 11.6 Å².